The second-order valence-electron chi connectivity index (χ2n) is 6.62. The molecule has 0 fully saturated rings. The van der Waals surface area contributed by atoms with Gasteiger partial charge in [-0.1, -0.05) is 48.0 Å². The minimum Gasteiger partial charge on any atom is -0.450 e. The van der Waals surface area contributed by atoms with Crippen molar-refractivity contribution in [2.24, 2.45) is 0 Å². The third-order valence-corrected chi connectivity index (χ3v) is 4.39. The first-order chi connectivity index (χ1) is 14.5. The number of hydrogen-bond donors (Lipinski definition) is 2. The van der Waals surface area contributed by atoms with Crippen molar-refractivity contribution in [3.8, 4) is 0 Å². The standard InChI is InChI=1S/C24H22N2O4/c1-3-30-24(29)26-19-14-12-18(13-15-19)25-23(28)21-7-5-4-6-20(21)22(27)17-10-8-16(2)9-11-17/h4-15H,3H2,1-2H3,(H,25,28)(H,26,29). The van der Waals surface area contributed by atoms with Crippen LogP contribution in [0.4, 0.5) is 16.2 Å². The van der Waals surface area contributed by atoms with Gasteiger partial charge in [0.25, 0.3) is 5.91 Å². The Kier molecular flexibility index (Phi) is 6.60. The molecule has 0 saturated carbocycles. The predicted octanol–water partition coefficient (Wildman–Crippen LogP) is 5.05. The molecule has 0 saturated heterocycles. The number of amides is 2. The number of rotatable bonds is 6. The quantitative estimate of drug-likeness (QED) is 0.565. The number of hydrogen-bond acceptors (Lipinski definition) is 4. The Bertz CT molecular complexity index is 1060. The highest BCUT2D eigenvalue weighted by Crippen LogP contribution is 2.19. The summed E-state index contributed by atoms with van der Waals surface area (Å²) >= 11 is 0. The first-order valence-electron chi connectivity index (χ1n) is 9.53. The van der Waals surface area contributed by atoms with E-state index in [-0.39, 0.29) is 18.0 Å². The maximum absolute atomic E-state index is 12.9. The molecule has 0 atom stereocenters. The highest BCUT2D eigenvalue weighted by molar-refractivity contribution is 6.17. The number of benzene rings is 3. The monoisotopic (exact) mass is 402 g/mol. The average molecular weight is 402 g/mol. The summed E-state index contributed by atoms with van der Waals surface area (Å²) in [5, 5.41) is 5.37. The van der Waals surface area contributed by atoms with Crippen LogP contribution in [0.5, 0.6) is 0 Å². The van der Waals surface area contributed by atoms with Crippen LogP contribution in [0, 0.1) is 6.92 Å². The molecule has 3 aromatic rings. The fourth-order valence-electron chi connectivity index (χ4n) is 2.86. The van der Waals surface area contributed by atoms with Gasteiger partial charge < -0.3 is 10.1 Å². The second kappa shape index (κ2) is 9.52. The molecule has 0 aromatic heterocycles. The minimum atomic E-state index is -0.544. The molecule has 3 aromatic carbocycles. The minimum absolute atomic E-state index is 0.213. The van der Waals surface area contributed by atoms with Crippen molar-refractivity contribution in [1.29, 1.82) is 0 Å². The summed E-state index contributed by atoms with van der Waals surface area (Å²) in [6.07, 6.45) is -0.544. The van der Waals surface area contributed by atoms with Crippen molar-refractivity contribution in [3.63, 3.8) is 0 Å². The lowest BCUT2D eigenvalue weighted by Gasteiger charge is -2.11. The molecule has 3 rings (SSSR count). The number of ether oxygens (including phenoxy) is 1. The maximum atomic E-state index is 12.9. The van der Waals surface area contributed by atoms with Crippen LogP contribution in [0.25, 0.3) is 0 Å². The SMILES string of the molecule is CCOC(=O)Nc1ccc(NC(=O)c2ccccc2C(=O)c2ccc(C)cc2)cc1. The molecule has 0 unspecified atom stereocenters. The van der Waals surface area contributed by atoms with Crippen LogP contribution in [0.2, 0.25) is 0 Å². The van der Waals surface area contributed by atoms with Crippen LogP contribution in [0.15, 0.2) is 72.8 Å². The van der Waals surface area contributed by atoms with Gasteiger partial charge in [0.2, 0.25) is 0 Å². The first kappa shape index (κ1) is 20.8. The van der Waals surface area contributed by atoms with Crippen molar-refractivity contribution in [2.45, 2.75) is 13.8 Å². The summed E-state index contributed by atoms with van der Waals surface area (Å²) < 4.78 is 4.83. The smallest absolute Gasteiger partial charge is 0.411 e. The molecule has 6 nitrogen and oxygen atoms in total. The molecule has 0 heterocycles. The average Bonchev–Trinajstić information content (AvgIpc) is 2.75. The number of anilines is 2. The molecule has 152 valence electrons. The summed E-state index contributed by atoms with van der Waals surface area (Å²) in [5.41, 5.74) is 3.28. The van der Waals surface area contributed by atoms with Crippen molar-refractivity contribution in [1.82, 2.24) is 0 Å². The zero-order chi connectivity index (χ0) is 21.5. The summed E-state index contributed by atoms with van der Waals surface area (Å²) in [5.74, 6) is -0.605. The van der Waals surface area contributed by atoms with E-state index in [1.165, 1.54) is 0 Å². The summed E-state index contributed by atoms with van der Waals surface area (Å²) in [7, 11) is 0. The molecule has 0 aliphatic carbocycles. The van der Waals surface area contributed by atoms with E-state index < -0.39 is 12.0 Å². The van der Waals surface area contributed by atoms with Gasteiger partial charge in [-0.25, -0.2) is 4.79 Å². The van der Waals surface area contributed by atoms with E-state index in [9.17, 15) is 14.4 Å². The molecule has 2 amide bonds. The van der Waals surface area contributed by atoms with Gasteiger partial charge in [-0.3, -0.25) is 14.9 Å². The zero-order valence-electron chi connectivity index (χ0n) is 16.8. The van der Waals surface area contributed by atoms with Crippen LogP contribution >= 0.6 is 0 Å². The molecule has 0 bridgehead atoms. The lowest BCUT2D eigenvalue weighted by Crippen LogP contribution is -2.17. The number of carbonyl (C=O) groups is 3. The number of carbonyl (C=O) groups excluding carboxylic acids is 3. The fourth-order valence-corrected chi connectivity index (χ4v) is 2.86. The van der Waals surface area contributed by atoms with E-state index in [1.54, 1.807) is 67.6 Å². The van der Waals surface area contributed by atoms with Crippen molar-refractivity contribution >= 4 is 29.2 Å². The molecular weight excluding hydrogens is 380 g/mol. The van der Waals surface area contributed by atoms with Crippen LogP contribution in [-0.4, -0.2) is 24.4 Å². The highest BCUT2D eigenvalue weighted by Gasteiger charge is 2.18. The molecule has 0 aliphatic heterocycles. The van der Waals surface area contributed by atoms with Crippen LogP contribution in [-0.2, 0) is 4.74 Å². The second-order valence-corrected chi connectivity index (χ2v) is 6.62. The Morgan fingerprint density at radius 3 is 1.93 bits per heavy atom. The largest absolute Gasteiger partial charge is 0.450 e. The Morgan fingerprint density at radius 1 is 0.767 bits per heavy atom. The zero-order valence-corrected chi connectivity index (χ0v) is 16.8. The molecular formula is C24H22N2O4. The van der Waals surface area contributed by atoms with Gasteiger partial charge in [0.15, 0.2) is 5.78 Å². The van der Waals surface area contributed by atoms with Crippen molar-refractivity contribution < 1.29 is 19.1 Å². The first-order valence-corrected chi connectivity index (χ1v) is 9.53. The molecule has 0 spiro atoms. The predicted molar refractivity (Wildman–Crippen MR) is 116 cm³/mol. The summed E-state index contributed by atoms with van der Waals surface area (Å²) in [6, 6.07) is 20.5. The summed E-state index contributed by atoms with van der Waals surface area (Å²) in [6.45, 7) is 3.95. The van der Waals surface area contributed by atoms with Gasteiger partial charge in [-0.05, 0) is 44.2 Å². The van der Waals surface area contributed by atoms with Gasteiger partial charge in [0.1, 0.15) is 0 Å². The Labute approximate surface area is 174 Å². The fraction of sp³-hybridized carbons (Fsp3) is 0.125. The van der Waals surface area contributed by atoms with E-state index in [2.05, 4.69) is 10.6 Å². The Morgan fingerprint density at radius 2 is 1.33 bits per heavy atom. The lowest BCUT2D eigenvalue weighted by atomic mass is 9.97. The van der Waals surface area contributed by atoms with E-state index in [1.807, 2.05) is 19.1 Å². The highest BCUT2D eigenvalue weighted by atomic mass is 16.5. The number of ketones is 1. The Hall–Kier alpha value is -3.93. The molecule has 0 radical (unpaired) electrons. The number of nitrogens with one attached hydrogen (secondary N) is 2. The van der Waals surface area contributed by atoms with Crippen LogP contribution < -0.4 is 10.6 Å². The van der Waals surface area contributed by atoms with Crippen molar-refractivity contribution in [2.75, 3.05) is 17.2 Å². The molecule has 0 aliphatic rings. The van der Waals surface area contributed by atoms with E-state index in [0.29, 0.717) is 22.5 Å². The van der Waals surface area contributed by atoms with Crippen molar-refractivity contribution in [3.05, 3.63) is 95.1 Å². The maximum Gasteiger partial charge on any atom is 0.411 e. The molecule has 6 heteroatoms. The van der Waals surface area contributed by atoms with E-state index in [4.69, 9.17) is 4.74 Å². The third-order valence-electron chi connectivity index (χ3n) is 4.39. The topological polar surface area (TPSA) is 84.5 Å². The molecule has 30 heavy (non-hydrogen) atoms. The van der Waals surface area contributed by atoms with Gasteiger partial charge in [-0.2, -0.15) is 0 Å². The van der Waals surface area contributed by atoms with E-state index in [0.717, 1.165) is 5.56 Å². The van der Waals surface area contributed by atoms with Gasteiger partial charge in [-0.15, -0.1) is 0 Å². The lowest BCUT2D eigenvalue weighted by molar-refractivity contribution is 0.0996. The van der Waals surface area contributed by atoms with Crippen LogP contribution in [0.1, 0.15) is 38.8 Å². The van der Waals surface area contributed by atoms with Gasteiger partial charge in [0.05, 0.1) is 12.2 Å². The third kappa shape index (κ3) is 5.11. The summed E-state index contributed by atoms with van der Waals surface area (Å²) in [4.78, 5) is 37.2. The van der Waals surface area contributed by atoms with Gasteiger partial charge >= 0.3 is 6.09 Å². The normalized spacial score (nSPS) is 10.2. The van der Waals surface area contributed by atoms with E-state index >= 15 is 0 Å². The molecule has 2 N–H and O–H groups in total. The van der Waals surface area contributed by atoms with Crippen LogP contribution in [0.3, 0.4) is 0 Å². The number of aryl methyl sites for hydroxylation is 1. The Balaban J connectivity index is 1.75. The van der Waals surface area contributed by atoms with Gasteiger partial charge in [0, 0.05) is 22.5 Å².